The number of aromatic amines is 1. The molecular weight excluding hydrogens is 440 g/mol. The number of imidazole rings is 1. The average molecular weight is 461 g/mol. The van der Waals surface area contributed by atoms with Crippen molar-refractivity contribution in [2.24, 2.45) is 0 Å². The lowest BCUT2D eigenvalue weighted by atomic mass is 10.1. The number of nitrogens with one attached hydrogen (secondary N) is 2. The van der Waals surface area contributed by atoms with Crippen molar-refractivity contribution in [3.63, 3.8) is 0 Å². The minimum absolute atomic E-state index is 0.252. The second kappa shape index (κ2) is 8.36. The fraction of sp³-hybridized carbons (Fsp3) is 0.0417. The summed E-state index contributed by atoms with van der Waals surface area (Å²) >= 11 is 0. The second-order valence-electron chi connectivity index (χ2n) is 7.39. The predicted octanol–water partition coefficient (Wildman–Crippen LogP) is 4.32. The van der Waals surface area contributed by atoms with E-state index in [-0.39, 0.29) is 12.3 Å². The smallest absolute Gasteiger partial charge is 0.330 e. The van der Waals surface area contributed by atoms with Crippen molar-refractivity contribution in [2.75, 3.05) is 4.31 Å². The predicted molar refractivity (Wildman–Crippen MR) is 127 cm³/mol. The van der Waals surface area contributed by atoms with Gasteiger partial charge in [0.05, 0.1) is 17.2 Å². The zero-order valence-corrected chi connectivity index (χ0v) is 18.2. The molecule has 0 aliphatic carbocycles. The maximum absolute atomic E-state index is 12.4. The van der Waals surface area contributed by atoms with Crippen LogP contribution < -0.4 is 13.8 Å². The van der Waals surface area contributed by atoms with Crippen LogP contribution in [0.5, 0.6) is 5.75 Å². The van der Waals surface area contributed by atoms with E-state index in [1.54, 1.807) is 18.2 Å². The Hall–Kier alpha value is -4.24. The van der Waals surface area contributed by atoms with Gasteiger partial charge in [-0.1, -0.05) is 54.6 Å². The Kier molecular flexibility index (Phi) is 5.23. The highest BCUT2D eigenvalue weighted by molar-refractivity contribution is 7.91. The van der Waals surface area contributed by atoms with Crippen molar-refractivity contribution < 1.29 is 18.3 Å². The van der Waals surface area contributed by atoms with E-state index in [9.17, 15) is 13.5 Å². The normalized spacial score (nSPS) is 15.0. The maximum Gasteiger partial charge on any atom is 0.330 e. The lowest BCUT2D eigenvalue weighted by molar-refractivity contribution is 0.307. The van der Waals surface area contributed by atoms with E-state index in [2.05, 4.69) is 9.97 Å². The number of aromatic nitrogens is 2. The third-order valence-electron chi connectivity index (χ3n) is 5.03. The number of para-hydroxylation sites is 2. The zero-order chi connectivity index (χ0) is 22.8. The molecule has 0 atom stereocenters. The molecule has 4 aromatic rings. The van der Waals surface area contributed by atoms with Crippen LogP contribution in [0.15, 0.2) is 84.9 Å². The van der Waals surface area contributed by atoms with E-state index in [4.69, 9.17) is 4.74 Å². The van der Waals surface area contributed by atoms with E-state index in [1.807, 2.05) is 71.5 Å². The maximum atomic E-state index is 12.4. The fourth-order valence-corrected chi connectivity index (χ4v) is 4.54. The summed E-state index contributed by atoms with van der Waals surface area (Å²) in [6, 6.07) is 22.5. The molecule has 0 amide bonds. The molecule has 0 unspecified atom stereocenters. The Labute approximate surface area is 190 Å². The molecule has 33 heavy (non-hydrogen) atoms. The van der Waals surface area contributed by atoms with Crippen molar-refractivity contribution >= 4 is 39.1 Å². The van der Waals surface area contributed by atoms with E-state index in [0.717, 1.165) is 32.7 Å². The molecule has 3 aromatic carbocycles. The molecule has 9 heteroatoms. The first-order chi connectivity index (χ1) is 16.0. The molecule has 0 bridgehead atoms. The third-order valence-corrected chi connectivity index (χ3v) is 6.32. The zero-order valence-electron chi connectivity index (χ0n) is 17.3. The number of ether oxygens (including phenoxy) is 1. The number of hydrogen-bond donors (Lipinski definition) is 3. The number of anilines is 1. The number of aliphatic hydroxyl groups excluding tert-OH is 1. The van der Waals surface area contributed by atoms with Crippen LogP contribution in [0.4, 0.5) is 5.69 Å². The first-order valence-electron chi connectivity index (χ1n) is 10.1. The molecule has 1 aromatic heterocycles. The van der Waals surface area contributed by atoms with Gasteiger partial charge in [-0.25, -0.2) is 14.0 Å². The van der Waals surface area contributed by atoms with Crippen LogP contribution in [0, 0.1) is 0 Å². The van der Waals surface area contributed by atoms with Crippen molar-refractivity contribution in [1.29, 1.82) is 0 Å². The van der Waals surface area contributed by atoms with Gasteiger partial charge in [-0.05, 0) is 41.5 Å². The first kappa shape index (κ1) is 20.7. The average Bonchev–Trinajstić information content (AvgIpc) is 3.35. The summed E-state index contributed by atoms with van der Waals surface area (Å²) in [5.41, 5.74) is 3.83. The Balaban J connectivity index is 1.47. The van der Waals surface area contributed by atoms with Crippen molar-refractivity contribution in [3.8, 4) is 5.75 Å². The summed E-state index contributed by atoms with van der Waals surface area (Å²) in [5.74, 6) is 0.589. The van der Waals surface area contributed by atoms with Crippen molar-refractivity contribution in [1.82, 2.24) is 14.7 Å². The van der Waals surface area contributed by atoms with E-state index >= 15 is 0 Å². The highest BCUT2D eigenvalue weighted by Crippen LogP contribution is 2.34. The topological polar surface area (TPSA) is 108 Å². The van der Waals surface area contributed by atoms with Gasteiger partial charge in [0, 0.05) is 0 Å². The van der Waals surface area contributed by atoms with Crippen LogP contribution in [0.3, 0.4) is 0 Å². The summed E-state index contributed by atoms with van der Waals surface area (Å²) in [6.45, 7) is 0.252. The molecule has 0 saturated heterocycles. The van der Waals surface area contributed by atoms with Crippen LogP contribution in [-0.4, -0.2) is 23.5 Å². The highest BCUT2D eigenvalue weighted by atomic mass is 32.2. The van der Waals surface area contributed by atoms with Gasteiger partial charge in [0.15, 0.2) is 0 Å². The SMILES string of the molecule is O=S1(=O)NC(O)=CN1c1ccc(C=Cc2nc3ccccc3[nH]2)cc1OCc1ccccc1. The van der Waals surface area contributed by atoms with E-state index in [1.165, 1.54) is 0 Å². The minimum Gasteiger partial charge on any atom is -0.493 e. The number of fused-ring (bicyclic) bond motifs is 1. The lowest BCUT2D eigenvalue weighted by Gasteiger charge is -2.19. The summed E-state index contributed by atoms with van der Waals surface area (Å²) in [5, 5.41) is 9.69. The molecule has 2 heterocycles. The summed E-state index contributed by atoms with van der Waals surface area (Å²) in [6.07, 6.45) is 4.81. The molecule has 0 spiro atoms. The van der Waals surface area contributed by atoms with Gasteiger partial charge in [-0.2, -0.15) is 8.42 Å². The fourth-order valence-electron chi connectivity index (χ4n) is 3.48. The van der Waals surface area contributed by atoms with Gasteiger partial charge < -0.3 is 14.8 Å². The molecule has 8 nitrogen and oxygen atoms in total. The van der Waals surface area contributed by atoms with Gasteiger partial charge in [0.2, 0.25) is 5.88 Å². The largest absolute Gasteiger partial charge is 0.493 e. The second-order valence-corrected chi connectivity index (χ2v) is 8.94. The van der Waals surface area contributed by atoms with Gasteiger partial charge in [0.25, 0.3) is 0 Å². The lowest BCUT2D eigenvalue weighted by Crippen LogP contribution is -2.29. The standard InChI is InChI=1S/C24H20N4O4S/c29-24-15-28(33(30,31)27-24)21-12-10-17(14-22(21)32-16-18-6-2-1-3-7-18)11-13-23-25-19-8-4-5-9-20(19)26-23/h1-15,27,29H,16H2,(H,25,26). The van der Waals surface area contributed by atoms with Crippen LogP contribution >= 0.6 is 0 Å². The van der Waals surface area contributed by atoms with Gasteiger partial charge >= 0.3 is 10.2 Å². The summed E-state index contributed by atoms with van der Waals surface area (Å²) < 4.78 is 33.8. The van der Waals surface area contributed by atoms with Crippen molar-refractivity contribution in [2.45, 2.75) is 6.61 Å². The Bertz CT molecular complexity index is 1440. The molecule has 0 radical (unpaired) electrons. The number of benzene rings is 3. The summed E-state index contributed by atoms with van der Waals surface area (Å²) in [7, 11) is -3.95. The first-order valence-corrected chi connectivity index (χ1v) is 11.6. The van der Waals surface area contributed by atoms with Crippen LogP contribution in [0.25, 0.3) is 23.2 Å². The molecule has 0 fully saturated rings. The number of nitrogens with zero attached hydrogens (tertiary/aromatic N) is 2. The molecule has 0 saturated carbocycles. The number of H-pyrrole nitrogens is 1. The number of rotatable bonds is 6. The van der Waals surface area contributed by atoms with Crippen LogP contribution in [0.1, 0.15) is 17.0 Å². The molecular formula is C24H20N4O4S. The van der Waals surface area contributed by atoms with E-state index < -0.39 is 16.1 Å². The quantitative estimate of drug-likeness (QED) is 0.397. The van der Waals surface area contributed by atoms with Crippen LogP contribution in [-0.2, 0) is 16.8 Å². The molecule has 5 rings (SSSR count). The third kappa shape index (κ3) is 4.39. The monoisotopic (exact) mass is 460 g/mol. The van der Waals surface area contributed by atoms with Gasteiger partial charge in [-0.15, -0.1) is 0 Å². The molecule has 1 aliphatic rings. The van der Waals surface area contributed by atoms with Gasteiger partial charge in [-0.3, -0.25) is 0 Å². The van der Waals surface area contributed by atoms with Gasteiger partial charge in [0.1, 0.15) is 23.9 Å². The summed E-state index contributed by atoms with van der Waals surface area (Å²) in [4.78, 5) is 7.77. The Morgan fingerprint density at radius 3 is 2.55 bits per heavy atom. The van der Waals surface area contributed by atoms with Crippen LogP contribution in [0.2, 0.25) is 0 Å². The molecule has 1 aliphatic heterocycles. The number of hydrogen-bond acceptors (Lipinski definition) is 5. The Morgan fingerprint density at radius 1 is 1.00 bits per heavy atom. The molecule has 3 N–H and O–H groups in total. The number of aliphatic hydroxyl groups is 1. The van der Waals surface area contributed by atoms with Crippen molar-refractivity contribution in [3.05, 3.63) is 102 Å². The van der Waals surface area contributed by atoms with E-state index in [0.29, 0.717) is 11.6 Å². The Morgan fingerprint density at radius 2 is 1.79 bits per heavy atom. The minimum atomic E-state index is -3.95. The molecule has 166 valence electrons. The highest BCUT2D eigenvalue weighted by Gasteiger charge is 2.31.